The van der Waals surface area contributed by atoms with Gasteiger partial charge in [-0.15, -0.1) is 0 Å². The Hall–Kier alpha value is -2.77. The SMILES string of the molecule is Nc1cc2c(cc1C(=O)NCCc1ncno1)OCO2. The van der Waals surface area contributed by atoms with Gasteiger partial charge >= 0.3 is 0 Å². The summed E-state index contributed by atoms with van der Waals surface area (Å²) in [6.07, 6.45) is 1.77. The molecular formula is C12H12N4O4. The number of hydrogen-bond donors (Lipinski definition) is 2. The van der Waals surface area contributed by atoms with Crippen molar-refractivity contribution in [3.8, 4) is 11.5 Å². The molecule has 104 valence electrons. The van der Waals surface area contributed by atoms with Gasteiger partial charge in [0.2, 0.25) is 12.7 Å². The Labute approximate surface area is 113 Å². The molecule has 0 bridgehead atoms. The minimum absolute atomic E-state index is 0.136. The number of benzene rings is 1. The second kappa shape index (κ2) is 5.08. The maximum atomic E-state index is 12.0. The van der Waals surface area contributed by atoms with E-state index in [2.05, 4.69) is 15.5 Å². The second-order valence-electron chi connectivity index (χ2n) is 4.13. The van der Waals surface area contributed by atoms with E-state index in [1.165, 1.54) is 6.33 Å². The van der Waals surface area contributed by atoms with Crippen molar-refractivity contribution < 1.29 is 18.8 Å². The van der Waals surface area contributed by atoms with Crippen LogP contribution in [0.1, 0.15) is 16.2 Å². The summed E-state index contributed by atoms with van der Waals surface area (Å²) >= 11 is 0. The molecule has 0 saturated heterocycles. The van der Waals surface area contributed by atoms with E-state index in [0.717, 1.165) is 0 Å². The van der Waals surface area contributed by atoms with Gasteiger partial charge in [-0.3, -0.25) is 4.79 Å². The van der Waals surface area contributed by atoms with E-state index in [1.54, 1.807) is 12.1 Å². The zero-order valence-electron chi connectivity index (χ0n) is 10.5. The third-order valence-electron chi connectivity index (χ3n) is 2.82. The van der Waals surface area contributed by atoms with E-state index in [9.17, 15) is 4.79 Å². The average molecular weight is 276 g/mol. The molecule has 0 radical (unpaired) electrons. The predicted molar refractivity (Wildman–Crippen MR) is 67.3 cm³/mol. The lowest BCUT2D eigenvalue weighted by Gasteiger charge is -2.07. The van der Waals surface area contributed by atoms with Crippen molar-refractivity contribution in [3.63, 3.8) is 0 Å². The van der Waals surface area contributed by atoms with Gasteiger partial charge in [-0.2, -0.15) is 4.98 Å². The molecule has 1 amide bonds. The highest BCUT2D eigenvalue weighted by molar-refractivity contribution is 6.00. The third kappa shape index (κ3) is 2.35. The Bertz CT molecular complexity index is 627. The van der Waals surface area contributed by atoms with Crippen LogP contribution in [0.3, 0.4) is 0 Å². The Morgan fingerprint density at radius 3 is 2.90 bits per heavy atom. The highest BCUT2D eigenvalue weighted by Crippen LogP contribution is 2.35. The zero-order valence-corrected chi connectivity index (χ0v) is 10.5. The highest BCUT2D eigenvalue weighted by Gasteiger charge is 2.19. The van der Waals surface area contributed by atoms with Gasteiger partial charge in [0.1, 0.15) is 0 Å². The van der Waals surface area contributed by atoms with Crippen LogP contribution in [0.2, 0.25) is 0 Å². The quantitative estimate of drug-likeness (QED) is 0.775. The third-order valence-corrected chi connectivity index (χ3v) is 2.82. The van der Waals surface area contributed by atoms with Crippen LogP contribution in [0.25, 0.3) is 0 Å². The smallest absolute Gasteiger partial charge is 0.253 e. The van der Waals surface area contributed by atoms with E-state index in [0.29, 0.717) is 41.6 Å². The van der Waals surface area contributed by atoms with E-state index < -0.39 is 0 Å². The van der Waals surface area contributed by atoms with Crippen LogP contribution in [0.4, 0.5) is 5.69 Å². The zero-order chi connectivity index (χ0) is 13.9. The number of nitrogen functional groups attached to an aromatic ring is 1. The monoisotopic (exact) mass is 276 g/mol. The van der Waals surface area contributed by atoms with Crippen LogP contribution in [0.5, 0.6) is 11.5 Å². The van der Waals surface area contributed by atoms with E-state index in [-0.39, 0.29) is 12.7 Å². The van der Waals surface area contributed by atoms with Gasteiger partial charge in [0, 0.05) is 24.7 Å². The highest BCUT2D eigenvalue weighted by atomic mass is 16.7. The number of aromatic nitrogens is 2. The fraction of sp³-hybridized carbons (Fsp3) is 0.250. The van der Waals surface area contributed by atoms with Gasteiger partial charge in [0.25, 0.3) is 5.91 Å². The molecule has 0 unspecified atom stereocenters. The van der Waals surface area contributed by atoms with Crippen molar-refractivity contribution in [2.45, 2.75) is 6.42 Å². The molecule has 0 saturated carbocycles. The molecule has 3 rings (SSSR count). The van der Waals surface area contributed by atoms with Crippen molar-refractivity contribution >= 4 is 11.6 Å². The molecule has 3 N–H and O–H groups in total. The minimum atomic E-state index is -0.291. The maximum Gasteiger partial charge on any atom is 0.253 e. The fourth-order valence-corrected chi connectivity index (χ4v) is 1.84. The molecule has 0 fully saturated rings. The first kappa shape index (κ1) is 12.3. The van der Waals surface area contributed by atoms with Gasteiger partial charge in [0.05, 0.1) is 5.56 Å². The molecule has 2 heterocycles. The van der Waals surface area contributed by atoms with Crippen molar-refractivity contribution in [1.29, 1.82) is 0 Å². The van der Waals surface area contributed by atoms with Crippen molar-refractivity contribution in [2.24, 2.45) is 0 Å². The first-order chi connectivity index (χ1) is 9.74. The Morgan fingerprint density at radius 1 is 1.35 bits per heavy atom. The van der Waals surface area contributed by atoms with E-state index in [4.69, 9.17) is 19.7 Å². The van der Waals surface area contributed by atoms with Crippen LogP contribution in [-0.2, 0) is 6.42 Å². The van der Waals surface area contributed by atoms with Crippen LogP contribution in [-0.4, -0.2) is 29.4 Å². The molecule has 8 heteroatoms. The number of hydrogen-bond acceptors (Lipinski definition) is 7. The summed E-state index contributed by atoms with van der Waals surface area (Å²) in [4.78, 5) is 15.9. The number of anilines is 1. The molecule has 1 aromatic heterocycles. The van der Waals surface area contributed by atoms with Gasteiger partial charge in [-0.05, 0) is 6.07 Å². The Kier molecular flexibility index (Phi) is 3.12. The summed E-state index contributed by atoms with van der Waals surface area (Å²) < 4.78 is 15.2. The molecule has 20 heavy (non-hydrogen) atoms. The van der Waals surface area contributed by atoms with E-state index >= 15 is 0 Å². The normalized spacial score (nSPS) is 12.4. The Balaban J connectivity index is 1.65. The molecule has 0 atom stereocenters. The van der Waals surface area contributed by atoms with Gasteiger partial charge in [-0.1, -0.05) is 5.16 Å². The molecular weight excluding hydrogens is 264 g/mol. The Morgan fingerprint density at radius 2 is 2.15 bits per heavy atom. The summed E-state index contributed by atoms with van der Waals surface area (Å²) in [5.41, 5.74) is 6.51. The average Bonchev–Trinajstić information content (AvgIpc) is 3.08. The van der Waals surface area contributed by atoms with Crippen LogP contribution in [0, 0.1) is 0 Å². The predicted octanol–water partition coefficient (Wildman–Crippen LogP) is 0.353. The summed E-state index contributed by atoms with van der Waals surface area (Å²) in [6, 6.07) is 3.15. The molecule has 1 aliphatic heterocycles. The maximum absolute atomic E-state index is 12.0. The molecule has 0 aliphatic carbocycles. The van der Waals surface area contributed by atoms with Crippen molar-refractivity contribution in [3.05, 3.63) is 29.9 Å². The van der Waals surface area contributed by atoms with Gasteiger partial charge in [0.15, 0.2) is 17.8 Å². The number of carbonyl (C=O) groups excluding carboxylic acids is 1. The largest absolute Gasteiger partial charge is 0.454 e. The van der Waals surface area contributed by atoms with Crippen LogP contribution >= 0.6 is 0 Å². The molecule has 1 aliphatic rings. The first-order valence-electron chi connectivity index (χ1n) is 5.97. The lowest BCUT2D eigenvalue weighted by molar-refractivity contribution is 0.0954. The lowest BCUT2D eigenvalue weighted by Crippen LogP contribution is -2.26. The number of ether oxygens (including phenoxy) is 2. The van der Waals surface area contributed by atoms with Gasteiger partial charge in [-0.25, -0.2) is 0 Å². The number of amides is 1. The first-order valence-corrected chi connectivity index (χ1v) is 5.97. The number of rotatable bonds is 4. The second-order valence-corrected chi connectivity index (χ2v) is 4.13. The van der Waals surface area contributed by atoms with E-state index in [1.807, 2.05) is 0 Å². The summed E-state index contributed by atoms with van der Waals surface area (Å²) in [5.74, 6) is 1.23. The molecule has 1 aromatic carbocycles. The van der Waals surface area contributed by atoms with Gasteiger partial charge < -0.3 is 25.0 Å². The number of nitrogens with two attached hydrogens (primary N) is 1. The fourth-order valence-electron chi connectivity index (χ4n) is 1.84. The standard InChI is InChI=1S/C12H12N4O4/c13-8-4-10-9(18-6-19-10)3-7(8)12(17)14-2-1-11-15-5-16-20-11/h3-5H,1-2,6,13H2,(H,14,17). The summed E-state index contributed by atoms with van der Waals surface area (Å²) in [7, 11) is 0. The lowest BCUT2D eigenvalue weighted by atomic mass is 10.1. The topological polar surface area (TPSA) is 113 Å². The summed E-state index contributed by atoms with van der Waals surface area (Å²) in [6.45, 7) is 0.506. The number of carbonyl (C=O) groups is 1. The van der Waals surface area contributed by atoms with Crippen molar-refractivity contribution in [1.82, 2.24) is 15.5 Å². The van der Waals surface area contributed by atoms with Crippen molar-refractivity contribution in [2.75, 3.05) is 19.1 Å². The summed E-state index contributed by atoms with van der Waals surface area (Å²) in [5, 5.41) is 6.21. The number of fused-ring (bicyclic) bond motifs is 1. The minimum Gasteiger partial charge on any atom is -0.454 e. The number of nitrogens with one attached hydrogen (secondary N) is 1. The molecule has 0 spiro atoms. The molecule has 8 nitrogen and oxygen atoms in total. The number of nitrogens with zero attached hydrogens (tertiary/aromatic N) is 2. The van der Waals surface area contributed by atoms with Crippen LogP contribution < -0.4 is 20.5 Å². The molecule has 2 aromatic rings. The van der Waals surface area contributed by atoms with Crippen LogP contribution in [0.15, 0.2) is 23.0 Å².